The van der Waals surface area contributed by atoms with Gasteiger partial charge in [0.05, 0.1) is 0 Å². The number of carboxylic acid groups (broad SMARTS) is 1. The molecule has 0 fully saturated rings. The Labute approximate surface area is 161 Å². The number of carbonyl (C=O) groups excluding carboxylic acids is 1. The largest absolute Gasteiger partial charge is 0.480 e. The van der Waals surface area contributed by atoms with Crippen molar-refractivity contribution >= 4 is 33.3 Å². The van der Waals surface area contributed by atoms with Crippen LogP contribution in [0.5, 0.6) is 5.75 Å². The van der Waals surface area contributed by atoms with E-state index >= 15 is 0 Å². The Morgan fingerprint density at radius 1 is 1.04 bits per heavy atom. The third kappa shape index (κ3) is 4.47. The second-order valence-corrected chi connectivity index (χ2v) is 7.62. The Morgan fingerprint density at radius 3 is 2.36 bits per heavy atom. The molecular weight excluding hydrogens is 382 g/mol. The smallest absolute Gasteiger partial charge is 0.339 e. The van der Waals surface area contributed by atoms with Gasteiger partial charge in [-0.05, 0) is 40.6 Å². The molecule has 0 aliphatic rings. The van der Waals surface area contributed by atoms with E-state index < -0.39 is 22.1 Å². The fourth-order valence-electron chi connectivity index (χ4n) is 2.71. The number of hydrogen-bond donors (Lipinski definition) is 2. The summed E-state index contributed by atoms with van der Waals surface area (Å²) < 4.78 is 30.2. The molecule has 0 aliphatic heterocycles. The van der Waals surface area contributed by atoms with Crippen molar-refractivity contribution in [3.63, 3.8) is 0 Å². The second-order valence-electron chi connectivity index (χ2n) is 6.07. The molecule has 3 aromatic rings. The summed E-state index contributed by atoms with van der Waals surface area (Å²) in [6, 6.07) is 17.0. The number of amides is 1. The number of carboxylic acids is 1. The van der Waals surface area contributed by atoms with Crippen LogP contribution in [0.1, 0.15) is 5.56 Å². The Kier molecular flexibility index (Phi) is 5.60. The molecule has 0 bridgehead atoms. The van der Waals surface area contributed by atoms with Gasteiger partial charge in [-0.15, -0.1) is 0 Å². The van der Waals surface area contributed by atoms with E-state index in [1.807, 2.05) is 24.3 Å². The Balaban J connectivity index is 1.76. The normalized spacial score (nSPS) is 12.3. The number of fused-ring (bicyclic) bond motifs is 1. The van der Waals surface area contributed by atoms with Gasteiger partial charge in [0.15, 0.2) is 0 Å². The van der Waals surface area contributed by atoms with E-state index in [-0.39, 0.29) is 17.1 Å². The number of benzene rings is 3. The summed E-state index contributed by atoms with van der Waals surface area (Å²) in [6.07, 6.45) is 0.387. The molecule has 0 radical (unpaired) electrons. The molecule has 1 amide bonds. The lowest BCUT2D eigenvalue weighted by molar-refractivity contribution is -0.140. The molecule has 0 saturated carbocycles. The summed E-state index contributed by atoms with van der Waals surface area (Å²) in [5.41, 5.74) is 0.609. The van der Waals surface area contributed by atoms with Gasteiger partial charge in [0.25, 0.3) is 0 Å². The molecule has 0 aromatic heterocycles. The van der Waals surface area contributed by atoms with Crippen molar-refractivity contribution in [3.05, 3.63) is 72.3 Å². The van der Waals surface area contributed by atoms with Gasteiger partial charge in [0.2, 0.25) is 6.41 Å². The molecule has 0 unspecified atom stereocenters. The van der Waals surface area contributed by atoms with Crippen LogP contribution in [0.2, 0.25) is 0 Å². The van der Waals surface area contributed by atoms with E-state index in [1.165, 1.54) is 18.2 Å². The third-order valence-electron chi connectivity index (χ3n) is 4.15. The van der Waals surface area contributed by atoms with Crippen molar-refractivity contribution in [2.45, 2.75) is 17.4 Å². The van der Waals surface area contributed by atoms with Gasteiger partial charge in [-0.25, -0.2) is 4.79 Å². The van der Waals surface area contributed by atoms with Gasteiger partial charge in [-0.1, -0.05) is 42.5 Å². The first-order valence-corrected chi connectivity index (χ1v) is 9.74. The third-order valence-corrected chi connectivity index (χ3v) is 5.39. The van der Waals surface area contributed by atoms with Crippen LogP contribution in [0.25, 0.3) is 10.8 Å². The molecule has 0 heterocycles. The first-order chi connectivity index (χ1) is 13.4. The van der Waals surface area contributed by atoms with Crippen LogP contribution in [0.3, 0.4) is 0 Å². The van der Waals surface area contributed by atoms with Crippen LogP contribution < -0.4 is 9.50 Å². The van der Waals surface area contributed by atoms with Gasteiger partial charge < -0.3 is 14.6 Å². The SMILES string of the molecule is O=CN[C@@H](Cc1ccc(OS(=O)(=O)c2ccc3ccccc3c2)cc1)C(=O)O. The first-order valence-electron chi connectivity index (χ1n) is 8.34. The van der Waals surface area contributed by atoms with Crippen LogP contribution >= 0.6 is 0 Å². The number of hydrogen-bond acceptors (Lipinski definition) is 5. The molecule has 0 spiro atoms. The first kappa shape index (κ1) is 19.4. The minimum absolute atomic E-state index is 0.0383. The highest BCUT2D eigenvalue weighted by molar-refractivity contribution is 7.87. The van der Waals surface area contributed by atoms with E-state index in [9.17, 15) is 18.0 Å². The van der Waals surface area contributed by atoms with E-state index in [4.69, 9.17) is 9.29 Å². The number of rotatable bonds is 8. The van der Waals surface area contributed by atoms with Crippen molar-refractivity contribution in [3.8, 4) is 5.75 Å². The number of carbonyl (C=O) groups is 2. The van der Waals surface area contributed by atoms with Gasteiger partial charge in [-0.2, -0.15) is 8.42 Å². The molecule has 0 saturated heterocycles. The number of nitrogens with one attached hydrogen (secondary N) is 1. The van der Waals surface area contributed by atoms with Gasteiger partial charge in [0, 0.05) is 6.42 Å². The minimum Gasteiger partial charge on any atom is -0.480 e. The zero-order valence-electron chi connectivity index (χ0n) is 14.6. The van der Waals surface area contributed by atoms with E-state index in [0.717, 1.165) is 10.8 Å². The summed E-state index contributed by atoms with van der Waals surface area (Å²) >= 11 is 0. The van der Waals surface area contributed by atoms with E-state index in [2.05, 4.69) is 5.32 Å². The molecule has 3 rings (SSSR count). The minimum atomic E-state index is -4.02. The highest BCUT2D eigenvalue weighted by atomic mass is 32.2. The monoisotopic (exact) mass is 399 g/mol. The van der Waals surface area contributed by atoms with Gasteiger partial charge in [0.1, 0.15) is 16.7 Å². The molecule has 3 aromatic carbocycles. The highest BCUT2D eigenvalue weighted by Crippen LogP contribution is 2.23. The summed E-state index contributed by atoms with van der Waals surface area (Å²) in [5, 5.41) is 13.0. The predicted octanol–water partition coefficient (Wildman–Crippen LogP) is 2.35. The average Bonchev–Trinajstić information content (AvgIpc) is 2.68. The van der Waals surface area contributed by atoms with Crippen LogP contribution in [0.4, 0.5) is 0 Å². The summed E-state index contributed by atoms with van der Waals surface area (Å²) in [7, 11) is -4.02. The molecule has 2 N–H and O–H groups in total. The second kappa shape index (κ2) is 8.10. The maximum atomic E-state index is 12.5. The maximum absolute atomic E-state index is 12.5. The molecule has 8 heteroatoms. The van der Waals surface area contributed by atoms with Crippen molar-refractivity contribution in [1.29, 1.82) is 0 Å². The topological polar surface area (TPSA) is 110 Å². The summed E-state index contributed by atoms with van der Waals surface area (Å²) in [5.74, 6) is -1.06. The molecular formula is C20H17NO6S. The van der Waals surface area contributed by atoms with Crippen LogP contribution in [-0.4, -0.2) is 31.9 Å². The quantitative estimate of drug-likeness (QED) is 0.444. The summed E-state index contributed by atoms with van der Waals surface area (Å²) in [4.78, 5) is 21.6. The lowest BCUT2D eigenvalue weighted by Gasteiger charge is -2.12. The Hall–Kier alpha value is -3.39. The lowest BCUT2D eigenvalue weighted by atomic mass is 10.1. The van der Waals surface area contributed by atoms with Crippen LogP contribution in [0.15, 0.2) is 71.6 Å². The van der Waals surface area contributed by atoms with Crippen LogP contribution in [-0.2, 0) is 26.1 Å². The average molecular weight is 399 g/mol. The van der Waals surface area contributed by atoms with Crippen molar-refractivity contribution in [1.82, 2.24) is 5.32 Å². The fourth-order valence-corrected chi connectivity index (χ4v) is 3.68. The van der Waals surface area contributed by atoms with Gasteiger partial charge >= 0.3 is 16.1 Å². The predicted molar refractivity (Wildman–Crippen MR) is 103 cm³/mol. The Bertz CT molecular complexity index is 1110. The zero-order chi connectivity index (χ0) is 20.1. The zero-order valence-corrected chi connectivity index (χ0v) is 15.4. The maximum Gasteiger partial charge on any atom is 0.339 e. The molecule has 28 heavy (non-hydrogen) atoms. The lowest BCUT2D eigenvalue weighted by Crippen LogP contribution is -2.37. The highest BCUT2D eigenvalue weighted by Gasteiger charge is 2.19. The molecule has 144 valence electrons. The van der Waals surface area contributed by atoms with Crippen molar-refractivity contribution in [2.24, 2.45) is 0 Å². The van der Waals surface area contributed by atoms with Crippen LogP contribution in [0, 0.1) is 0 Å². The molecule has 0 aliphatic carbocycles. The molecule has 1 atom stereocenters. The van der Waals surface area contributed by atoms with Crippen molar-refractivity contribution < 1.29 is 27.3 Å². The van der Waals surface area contributed by atoms with Crippen molar-refractivity contribution in [2.75, 3.05) is 0 Å². The van der Waals surface area contributed by atoms with E-state index in [0.29, 0.717) is 12.0 Å². The fraction of sp³-hybridized carbons (Fsp3) is 0.100. The molecule has 7 nitrogen and oxygen atoms in total. The standard InChI is InChI=1S/C20H17NO6S/c22-13-21-19(20(23)24)11-14-5-8-17(9-6-14)27-28(25,26)18-10-7-15-3-1-2-4-16(15)12-18/h1-10,12-13,19H,11H2,(H,21,22)(H,23,24)/t19-/m0/s1. The Morgan fingerprint density at radius 2 is 1.71 bits per heavy atom. The number of aliphatic carboxylic acids is 1. The van der Waals surface area contributed by atoms with E-state index in [1.54, 1.807) is 24.3 Å². The van der Waals surface area contributed by atoms with Gasteiger partial charge in [-0.3, -0.25) is 4.79 Å². The summed E-state index contributed by atoms with van der Waals surface area (Å²) in [6.45, 7) is 0.